The van der Waals surface area contributed by atoms with Crippen LogP contribution in [-0.2, 0) is 0 Å². The van der Waals surface area contributed by atoms with Crippen LogP contribution < -0.4 is 15.5 Å². The third-order valence-corrected chi connectivity index (χ3v) is 6.63. The normalized spacial score (nSPS) is 26.4. The lowest BCUT2D eigenvalue weighted by molar-refractivity contribution is 0.256. The van der Waals surface area contributed by atoms with Gasteiger partial charge in [0.25, 0.3) is 0 Å². The minimum atomic E-state index is 0.538. The van der Waals surface area contributed by atoms with Gasteiger partial charge in [-0.1, -0.05) is 26.2 Å². The van der Waals surface area contributed by atoms with E-state index in [2.05, 4.69) is 45.0 Å². The predicted octanol–water partition coefficient (Wildman–Crippen LogP) is 3.71. The van der Waals surface area contributed by atoms with E-state index in [9.17, 15) is 0 Å². The molecule has 1 saturated carbocycles. The van der Waals surface area contributed by atoms with Crippen molar-refractivity contribution in [3.05, 3.63) is 17.5 Å². The fraction of sp³-hybridized carbons (Fsp3) is 0.737. The average Bonchev–Trinajstić information content (AvgIpc) is 3.15. The van der Waals surface area contributed by atoms with Gasteiger partial charge in [-0.25, -0.2) is 0 Å². The Bertz CT molecular complexity index is 505. The fourth-order valence-corrected chi connectivity index (χ4v) is 4.79. The average molecular weight is 349 g/mol. The van der Waals surface area contributed by atoms with Gasteiger partial charge in [0.15, 0.2) is 5.96 Å². The van der Waals surface area contributed by atoms with Crippen molar-refractivity contribution in [2.24, 2.45) is 16.8 Å². The van der Waals surface area contributed by atoms with Gasteiger partial charge in [0.05, 0.1) is 5.00 Å². The second-order valence-electron chi connectivity index (χ2n) is 7.33. The zero-order valence-corrected chi connectivity index (χ0v) is 15.9. The van der Waals surface area contributed by atoms with Crippen molar-refractivity contribution in [3.8, 4) is 0 Å². The molecule has 2 heterocycles. The summed E-state index contributed by atoms with van der Waals surface area (Å²) in [5.41, 5.74) is 0. The van der Waals surface area contributed by atoms with Crippen molar-refractivity contribution in [2.45, 2.75) is 51.5 Å². The van der Waals surface area contributed by atoms with Crippen LogP contribution in [-0.4, -0.2) is 38.7 Å². The van der Waals surface area contributed by atoms with Gasteiger partial charge < -0.3 is 15.5 Å². The number of rotatable bonds is 4. The van der Waals surface area contributed by atoms with Crippen LogP contribution in [0.1, 0.15) is 45.4 Å². The molecule has 1 saturated heterocycles. The van der Waals surface area contributed by atoms with Crippen LogP contribution in [0, 0.1) is 11.8 Å². The minimum absolute atomic E-state index is 0.538. The van der Waals surface area contributed by atoms with Gasteiger partial charge in [0, 0.05) is 32.7 Å². The highest BCUT2D eigenvalue weighted by Crippen LogP contribution is 2.29. The van der Waals surface area contributed by atoms with Crippen LogP contribution in [0.3, 0.4) is 0 Å². The summed E-state index contributed by atoms with van der Waals surface area (Å²) in [4.78, 5) is 6.95. The molecular formula is C19H32N4S. The van der Waals surface area contributed by atoms with E-state index in [4.69, 9.17) is 0 Å². The lowest BCUT2D eigenvalue weighted by atomic mass is 9.80. The summed E-state index contributed by atoms with van der Waals surface area (Å²) >= 11 is 1.84. The predicted molar refractivity (Wildman–Crippen MR) is 105 cm³/mol. The number of nitrogens with one attached hydrogen (secondary N) is 2. The largest absolute Gasteiger partial charge is 0.363 e. The molecule has 0 radical (unpaired) electrons. The third kappa shape index (κ3) is 4.65. The van der Waals surface area contributed by atoms with Gasteiger partial charge in [0.1, 0.15) is 0 Å². The molecular weight excluding hydrogens is 316 g/mol. The SMILES string of the molecule is CN=C(NCC1CCCCC1C)NC1CCN(c2cccs2)CC1. The first-order valence-corrected chi connectivity index (χ1v) is 10.4. The van der Waals surface area contributed by atoms with Gasteiger partial charge in [-0.15, -0.1) is 11.3 Å². The Balaban J connectivity index is 1.41. The Hall–Kier alpha value is -1.23. The number of nitrogens with zero attached hydrogens (tertiary/aromatic N) is 2. The van der Waals surface area contributed by atoms with Crippen molar-refractivity contribution >= 4 is 22.3 Å². The van der Waals surface area contributed by atoms with Gasteiger partial charge in [-0.05, 0) is 48.6 Å². The van der Waals surface area contributed by atoms with Crippen molar-refractivity contribution in [3.63, 3.8) is 0 Å². The van der Waals surface area contributed by atoms with Crippen LogP contribution in [0.15, 0.2) is 22.5 Å². The summed E-state index contributed by atoms with van der Waals surface area (Å²) in [6.07, 6.45) is 7.91. The van der Waals surface area contributed by atoms with E-state index in [-0.39, 0.29) is 0 Å². The molecule has 1 aliphatic heterocycles. The standard InChI is InChI=1S/C19H32N4S/c1-15-6-3-4-7-16(15)14-21-19(20-2)22-17-9-11-23(12-10-17)18-8-5-13-24-18/h5,8,13,15-17H,3-4,6-7,9-12,14H2,1-2H3,(H2,20,21,22). The molecule has 0 aromatic carbocycles. The Morgan fingerprint density at radius 3 is 2.71 bits per heavy atom. The van der Waals surface area contributed by atoms with E-state index in [0.717, 1.165) is 37.4 Å². The highest BCUT2D eigenvalue weighted by atomic mass is 32.1. The monoisotopic (exact) mass is 348 g/mol. The molecule has 1 aromatic rings. The van der Waals surface area contributed by atoms with Crippen LogP contribution in [0.25, 0.3) is 0 Å². The van der Waals surface area contributed by atoms with E-state index >= 15 is 0 Å². The van der Waals surface area contributed by atoms with Gasteiger partial charge >= 0.3 is 0 Å². The Labute approximate surface area is 150 Å². The molecule has 5 heteroatoms. The van der Waals surface area contributed by atoms with Crippen LogP contribution >= 0.6 is 11.3 Å². The molecule has 1 aromatic heterocycles. The van der Waals surface area contributed by atoms with Crippen molar-refractivity contribution in [1.82, 2.24) is 10.6 Å². The molecule has 4 nitrogen and oxygen atoms in total. The van der Waals surface area contributed by atoms with Gasteiger partial charge in [0.2, 0.25) is 0 Å². The van der Waals surface area contributed by atoms with E-state index in [1.807, 2.05) is 18.4 Å². The quantitative estimate of drug-likeness (QED) is 0.644. The maximum atomic E-state index is 4.44. The number of hydrogen-bond donors (Lipinski definition) is 2. The molecule has 0 spiro atoms. The lowest BCUT2D eigenvalue weighted by Crippen LogP contribution is -2.49. The fourth-order valence-electron chi connectivity index (χ4n) is 4.01. The molecule has 2 aliphatic rings. The first kappa shape index (κ1) is 17.6. The summed E-state index contributed by atoms with van der Waals surface area (Å²) in [6, 6.07) is 4.91. The highest BCUT2D eigenvalue weighted by Gasteiger charge is 2.23. The first-order valence-electron chi connectivity index (χ1n) is 9.52. The molecule has 3 rings (SSSR count). The van der Waals surface area contributed by atoms with Crippen molar-refractivity contribution in [2.75, 3.05) is 31.6 Å². The van der Waals surface area contributed by atoms with Crippen molar-refractivity contribution < 1.29 is 0 Å². The second kappa shape index (κ2) is 8.75. The molecule has 0 amide bonds. The van der Waals surface area contributed by atoms with Crippen LogP contribution in [0.5, 0.6) is 0 Å². The zero-order chi connectivity index (χ0) is 16.8. The van der Waals surface area contributed by atoms with E-state index in [0.29, 0.717) is 6.04 Å². The lowest BCUT2D eigenvalue weighted by Gasteiger charge is -2.34. The number of anilines is 1. The molecule has 2 unspecified atom stereocenters. The minimum Gasteiger partial charge on any atom is -0.363 e. The summed E-state index contributed by atoms with van der Waals surface area (Å²) in [5.74, 6) is 2.64. The number of aliphatic imine (C=N–C) groups is 1. The molecule has 2 fully saturated rings. The van der Waals surface area contributed by atoms with Crippen molar-refractivity contribution in [1.29, 1.82) is 0 Å². The number of thiophene rings is 1. The summed E-state index contributed by atoms with van der Waals surface area (Å²) < 4.78 is 0. The second-order valence-corrected chi connectivity index (χ2v) is 8.26. The molecule has 2 atom stereocenters. The summed E-state index contributed by atoms with van der Waals surface area (Å²) in [6.45, 7) is 5.74. The first-order chi connectivity index (χ1) is 11.8. The van der Waals surface area contributed by atoms with Crippen LogP contribution in [0.2, 0.25) is 0 Å². The smallest absolute Gasteiger partial charge is 0.191 e. The Morgan fingerprint density at radius 1 is 1.25 bits per heavy atom. The number of guanidine groups is 1. The topological polar surface area (TPSA) is 39.7 Å². The maximum Gasteiger partial charge on any atom is 0.191 e. The Kier molecular flexibility index (Phi) is 6.41. The van der Waals surface area contributed by atoms with E-state index in [1.54, 1.807) is 0 Å². The highest BCUT2D eigenvalue weighted by molar-refractivity contribution is 7.14. The van der Waals surface area contributed by atoms with E-state index < -0.39 is 0 Å². The number of hydrogen-bond acceptors (Lipinski definition) is 3. The van der Waals surface area contributed by atoms with Crippen LogP contribution in [0.4, 0.5) is 5.00 Å². The molecule has 134 valence electrons. The van der Waals surface area contributed by atoms with Gasteiger partial charge in [-0.3, -0.25) is 4.99 Å². The number of piperidine rings is 1. The van der Waals surface area contributed by atoms with Gasteiger partial charge in [-0.2, -0.15) is 0 Å². The molecule has 2 N–H and O–H groups in total. The maximum absolute atomic E-state index is 4.44. The Morgan fingerprint density at radius 2 is 2.04 bits per heavy atom. The molecule has 0 bridgehead atoms. The summed E-state index contributed by atoms with van der Waals surface area (Å²) in [7, 11) is 1.89. The molecule has 24 heavy (non-hydrogen) atoms. The molecule has 1 aliphatic carbocycles. The zero-order valence-electron chi connectivity index (χ0n) is 15.1. The summed E-state index contributed by atoms with van der Waals surface area (Å²) in [5, 5.41) is 10.8. The van der Waals surface area contributed by atoms with E-state index in [1.165, 1.54) is 43.5 Å². The third-order valence-electron chi connectivity index (χ3n) is 5.70.